The number of aromatic nitrogens is 2. The zero-order valence-electron chi connectivity index (χ0n) is 11.0. The number of anilines is 2. The van der Waals surface area contributed by atoms with Crippen LogP contribution in [0.25, 0.3) is 22.0 Å². The molecule has 1 aromatic carbocycles. The first kappa shape index (κ1) is 14.1. The van der Waals surface area contributed by atoms with Gasteiger partial charge < -0.3 is 11.5 Å². The molecule has 5 heteroatoms. The van der Waals surface area contributed by atoms with Crippen LogP contribution in [0.2, 0.25) is 0 Å². The van der Waals surface area contributed by atoms with Crippen molar-refractivity contribution < 1.29 is 0 Å². The van der Waals surface area contributed by atoms with Crippen LogP contribution in [0.5, 0.6) is 0 Å². The predicted octanol–water partition coefficient (Wildman–Crippen LogP) is 3.19. The van der Waals surface area contributed by atoms with Crippen molar-refractivity contribution in [3.63, 3.8) is 0 Å². The van der Waals surface area contributed by atoms with E-state index in [0.717, 1.165) is 27.6 Å². The second-order valence-electron chi connectivity index (χ2n) is 4.56. The lowest BCUT2D eigenvalue weighted by atomic mass is 10.00. The highest BCUT2D eigenvalue weighted by Crippen LogP contribution is 2.31. The van der Waals surface area contributed by atoms with Crippen molar-refractivity contribution in [2.45, 2.75) is 6.92 Å². The van der Waals surface area contributed by atoms with Gasteiger partial charge in [0.05, 0.1) is 5.52 Å². The molecule has 0 bridgehead atoms. The molecule has 4 N–H and O–H groups in total. The number of hydrogen-bond donors (Lipinski definition) is 2. The maximum Gasteiger partial charge on any atom is 0.133 e. The second kappa shape index (κ2) is 5.35. The number of nitrogens with zero attached hydrogens (tertiary/aromatic N) is 2. The molecule has 0 amide bonds. The number of rotatable bonds is 1. The summed E-state index contributed by atoms with van der Waals surface area (Å²) in [4.78, 5) is 8.56. The average molecular weight is 287 g/mol. The molecule has 0 fully saturated rings. The van der Waals surface area contributed by atoms with Crippen molar-refractivity contribution in [2.75, 3.05) is 11.5 Å². The second-order valence-corrected chi connectivity index (χ2v) is 4.56. The third kappa shape index (κ3) is 2.38. The summed E-state index contributed by atoms with van der Waals surface area (Å²) in [6.45, 7) is 2.05. The summed E-state index contributed by atoms with van der Waals surface area (Å²) >= 11 is 0. The van der Waals surface area contributed by atoms with E-state index in [4.69, 9.17) is 11.5 Å². The highest BCUT2D eigenvalue weighted by Gasteiger charge is 2.10. The first-order valence-corrected chi connectivity index (χ1v) is 6.03. The third-order valence-corrected chi connectivity index (χ3v) is 3.09. The van der Waals surface area contributed by atoms with Crippen LogP contribution in [0.4, 0.5) is 11.6 Å². The lowest BCUT2D eigenvalue weighted by Gasteiger charge is -2.10. The van der Waals surface area contributed by atoms with Crippen molar-refractivity contribution in [1.29, 1.82) is 0 Å². The van der Waals surface area contributed by atoms with Gasteiger partial charge in [-0.2, -0.15) is 0 Å². The van der Waals surface area contributed by atoms with E-state index in [0.29, 0.717) is 11.6 Å². The van der Waals surface area contributed by atoms with Gasteiger partial charge in [-0.25, -0.2) is 4.98 Å². The van der Waals surface area contributed by atoms with Crippen LogP contribution >= 0.6 is 12.4 Å². The molecule has 0 aliphatic heterocycles. The maximum atomic E-state index is 5.98. The van der Waals surface area contributed by atoms with Gasteiger partial charge >= 0.3 is 0 Å². The zero-order chi connectivity index (χ0) is 13.4. The molecule has 0 atom stereocenters. The molecule has 4 nitrogen and oxygen atoms in total. The van der Waals surface area contributed by atoms with Crippen LogP contribution in [0.3, 0.4) is 0 Å². The monoisotopic (exact) mass is 286 g/mol. The fraction of sp³-hybridized carbons (Fsp3) is 0.0667. The number of nitrogens with two attached hydrogens (primary N) is 2. The Morgan fingerprint density at radius 1 is 1.00 bits per heavy atom. The quantitative estimate of drug-likeness (QED) is 0.720. The Morgan fingerprint density at radius 3 is 2.55 bits per heavy atom. The van der Waals surface area contributed by atoms with E-state index in [-0.39, 0.29) is 12.4 Å². The van der Waals surface area contributed by atoms with Crippen molar-refractivity contribution in [2.24, 2.45) is 0 Å². The number of fused-ring (bicyclic) bond motifs is 1. The van der Waals surface area contributed by atoms with Crippen LogP contribution in [-0.4, -0.2) is 9.97 Å². The van der Waals surface area contributed by atoms with Crippen LogP contribution in [0.1, 0.15) is 5.56 Å². The highest BCUT2D eigenvalue weighted by atomic mass is 35.5. The minimum atomic E-state index is 0. The summed E-state index contributed by atoms with van der Waals surface area (Å²) < 4.78 is 0. The van der Waals surface area contributed by atoms with E-state index >= 15 is 0 Å². The molecule has 0 aliphatic rings. The lowest BCUT2D eigenvalue weighted by molar-refractivity contribution is 1.33. The van der Waals surface area contributed by atoms with Gasteiger partial charge in [0.1, 0.15) is 11.6 Å². The Balaban J connectivity index is 0.00000147. The molecule has 3 rings (SSSR count). The van der Waals surface area contributed by atoms with E-state index in [1.54, 1.807) is 12.3 Å². The Morgan fingerprint density at radius 2 is 1.80 bits per heavy atom. The molecule has 0 aliphatic carbocycles. The number of benzene rings is 1. The normalized spacial score (nSPS) is 10.2. The highest BCUT2D eigenvalue weighted by molar-refractivity contribution is 5.96. The predicted molar refractivity (Wildman–Crippen MR) is 85.8 cm³/mol. The van der Waals surface area contributed by atoms with Crippen molar-refractivity contribution in [3.05, 3.63) is 48.2 Å². The first-order chi connectivity index (χ1) is 9.15. The summed E-state index contributed by atoms with van der Waals surface area (Å²) in [6, 6.07) is 11.8. The van der Waals surface area contributed by atoms with Crippen molar-refractivity contribution in [1.82, 2.24) is 9.97 Å². The number of halogens is 1. The number of pyridine rings is 2. The molecule has 0 radical (unpaired) electrons. The molecule has 0 saturated carbocycles. The fourth-order valence-corrected chi connectivity index (χ4v) is 2.27. The van der Waals surface area contributed by atoms with E-state index < -0.39 is 0 Å². The molecule has 0 saturated heterocycles. The molecule has 102 valence electrons. The molecule has 2 heterocycles. The molecule has 2 aromatic heterocycles. The number of aryl methyl sites for hydroxylation is 1. The summed E-state index contributed by atoms with van der Waals surface area (Å²) in [6.07, 6.45) is 1.78. The summed E-state index contributed by atoms with van der Waals surface area (Å²) in [5, 5.41) is 1.09. The van der Waals surface area contributed by atoms with E-state index in [1.165, 1.54) is 0 Å². The maximum absolute atomic E-state index is 5.98. The Hall–Kier alpha value is -2.33. The molecule has 3 aromatic rings. The largest absolute Gasteiger partial charge is 0.384 e. The SMILES string of the molecule is Cc1cc(-c2ccc(N)nc2N)c2ncccc2c1.Cl. The van der Waals surface area contributed by atoms with Gasteiger partial charge in [-0.1, -0.05) is 6.07 Å². The Labute approximate surface area is 123 Å². The van der Waals surface area contributed by atoms with Crippen LogP contribution in [0.15, 0.2) is 42.6 Å². The molecule has 0 unspecified atom stereocenters. The summed E-state index contributed by atoms with van der Waals surface area (Å²) in [7, 11) is 0. The Kier molecular flexibility index (Phi) is 3.77. The van der Waals surface area contributed by atoms with Crippen LogP contribution in [-0.2, 0) is 0 Å². The summed E-state index contributed by atoms with van der Waals surface area (Å²) in [5.74, 6) is 0.851. The van der Waals surface area contributed by atoms with Crippen molar-refractivity contribution in [3.8, 4) is 11.1 Å². The molecule has 0 spiro atoms. The van der Waals surface area contributed by atoms with E-state index in [2.05, 4.69) is 29.0 Å². The van der Waals surface area contributed by atoms with Gasteiger partial charge in [-0.3, -0.25) is 4.98 Å². The minimum Gasteiger partial charge on any atom is -0.384 e. The smallest absolute Gasteiger partial charge is 0.133 e. The summed E-state index contributed by atoms with van der Waals surface area (Å²) in [5.41, 5.74) is 15.5. The molecule has 20 heavy (non-hydrogen) atoms. The average Bonchev–Trinajstić information content (AvgIpc) is 2.38. The lowest BCUT2D eigenvalue weighted by Crippen LogP contribution is -1.99. The van der Waals surface area contributed by atoms with Gasteiger partial charge in [0, 0.05) is 22.7 Å². The van der Waals surface area contributed by atoms with Crippen LogP contribution < -0.4 is 11.5 Å². The van der Waals surface area contributed by atoms with Gasteiger partial charge in [0.2, 0.25) is 0 Å². The van der Waals surface area contributed by atoms with E-state index in [9.17, 15) is 0 Å². The van der Waals surface area contributed by atoms with Crippen LogP contribution in [0, 0.1) is 6.92 Å². The van der Waals surface area contributed by atoms with Gasteiger partial charge in [0.25, 0.3) is 0 Å². The first-order valence-electron chi connectivity index (χ1n) is 6.03. The molecular formula is C15H15ClN4. The van der Waals surface area contributed by atoms with Gasteiger partial charge in [-0.05, 0) is 42.8 Å². The minimum absolute atomic E-state index is 0. The Bertz CT molecular complexity index is 771. The van der Waals surface area contributed by atoms with Gasteiger partial charge in [0.15, 0.2) is 0 Å². The number of nitrogen functional groups attached to an aromatic ring is 2. The fourth-order valence-electron chi connectivity index (χ4n) is 2.27. The van der Waals surface area contributed by atoms with Crippen molar-refractivity contribution >= 4 is 34.9 Å². The zero-order valence-corrected chi connectivity index (χ0v) is 11.8. The molecular weight excluding hydrogens is 272 g/mol. The topological polar surface area (TPSA) is 77.8 Å². The standard InChI is InChI=1S/C15H14N4.ClH/c1-9-7-10-3-2-6-18-14(10)12(8-9)11-4-5-13(16)19-15(11)17;/h2-8H,1H3,(H4,16,17,19);1H. The third-order valence-electron chi connectivity index (χ3n) is 3.09. The van der Waals surface area contributed by atoms with E-state index in [1.807, 2.05) is 18.2 Å². The van der Waals surface area contributed by atoms with Gasteiger partial charge in [-0.15, -0.1) is 12.4 Å². The number of hydrogen-bond acceptors (Lipinski definition) is 4.